The lowest BCUT2D eigenvalue weighted by atomic mass is 10.0. The average molecular weight is 306 g/mol. The van der Waals surface area contributed by atoms with Crippen LogP contribution in [0.1, 0.15) is 24.8 Å². The molecule has 0 saturated carbocycles. The Morgan fingerprint density at radius 1 is 1.32 bits per heavy atom. The fraction of sp³-hybridized carbons (Fsp3) is 0.588. The molecule has 1 aromatic carbocycles. The zero-order valence-corrected chi connectivity index (χ0v) is 13.7. The monoisotopic (exact) mass is 306 g/mol. The molecule has 2 rings (SSSR count). The number of amides is 1. The summed E-state index contributed by atoms with van der Waals surface area (Å²) in [5.41, 5.74) is 1.09. The number of carbonyl (C=O) groups excluding carboxylic acids is 1. The van der Waals surface area contributed by atoms with Crippen molar-refractivity contribution in [1.82, 2.24) is 10.2 Å². The van der Waals surface area contributed by atoms with Crippen molar-refractivity contribution in [2.45, 2.75) is 31.7 Å². The minimum atomic E-state index is 0.231. The van der Waals surface area contributed by atoms with Crippen LogP contribution in [0.2, 0.25) is 0 Å². The van der Waals surface area contributed by atoms with Crippen LogP contribution >= 0.6 is 0 Å². The van der Waals surface area contributed by atoms with Gasteiger partial charge in [0, 0.05) is 25.6 Å². The molecule has 1 saturated heterocycles. The molecule has 1 fully saturated rings. The standard InChI is InChI=1S/C17H26N2O3/c1-18-14-5-4-10-19(12-14)17(20)9-7-13-6-8-15(21-2)16(11-13)22-3/h6,8,11,14,18H,4-5,7,9-10,12H2,1-3H3. The summed E-state index contributed by atoms with van der Waals surface area (Å²) in [6.45, 7) is 1.70. The topological polar surface area (TPSA) is 50.8 Å². The second-order valence-corrected chi connectivity index (χ2v) is 5.66. The fourth-order valence-electron chi connectivity index (χ4n) is 2.88. The third kappa shape index (κ3) is 4.13. The molecule has 1 aromatic rings. The predicted octanol–water partition coefficient (Wildman–Crippen LogP) is 1.85. The summed E-state index contributed by atoms with van der Waals surface area (Å²) < 4.78 is 10.5. The molecule has 1 heterocycles. The van der Waals surface area contributed by atoms with Gasteiger partial charge in [-0.05, 0) is 44.0 Å². The molecule has 0 radical (unpaired) electrons. The first-order chi connectivity index (χ1) is 10.7. The number of nitrogens with one attached hydrogen (secondary N) is 1. The summed E-state index contributed by atoms with van der Waals surface area (Å²) in [6, 6.07) is 6.25. The van der Waals surface area contributed by atoms with E-state index in [-0.39, 0.29) is 5.91 Å². The van der Waals surface area contributed by atoms with Crippen molar-refractivity contribution in [1.29, 1.82) is 0 Å². The summed E-state index contributed by atoms with van der Waals surface area (Å²) in [6.07, 6.45) is 3.48. The van der Waals surface area contributed by atoms with Gasteiger partial charge in [0.1, 0.15) is 0 Å². The Morgan fingerprint density at radius 2 is 2.09 bits per heavy atom. The molecule has 5 heteroatoms. The second-order valence-electron chi connectivity index (χ2n) is 5.66. The van der Waals surface area contributed by atoms with E-state index in [1.165, 1.54) is 0 Å². The molecule has 1 aliphatic rings. The molecule has 1 aliphatic heterocycles. The summed E-state index contributed by atoms with van der Waals surface area (Å²) in [5, 5.41) is 3.27. The summed E-state index contributed by atoms with van der Waals surface area (Å²) in [4.78, 5) is 14.3. The van der Waals surface area contributed by atoms with Gasteiger partial charge in [0.2, 0.25) is 5.91 Å². The van der Waals surface area contributed by atoms with Gasteiger partial charge < -0.3 is 19.7 Å². The van der Waals surface area contributed by atoms with Gasteiger partial charge in [-0.25, -0.2) is 0 Å². The van der Waals surface area contributed by atoms with Crippen LogP contribution < -0.4 is 14.8 Å². The Balaban J connectivity index is 1.90. The summed E-state index contributed by atoms with van der Waals surface area (Å²) in [7, 11) is 5.20. The van der Waals surface area contributed by atoms with Crippen LogP contribution in [-0.2, 0) is 11.2 Å². The molecule has 0 aromatic heterocycles. The van der Waals surface area contributed by atoms with Gasteiger partial charge in [-0.3, -0.25) is 4.79 Å². The highest BCUT2D eigenvalue weighted by molar-refractivity contribution is 5.76. The molecule has 22 heavy (non-hydrogen) atoms. The van der Waals surface area contributed by atoms with Gasteiger partial charge in [0.25, 0.3) is 0 Å². The molecule has 0 spiro atoms. The van der Waals surface area contributed by atoms with Crippen LogP contribution in [0.5, 0.6) is 11.5 Å². The van der Waals surface area contributed by atoms with Crippen molar-refractivity contribution >= 4 is 5.91 Å². The Labute approximate surface area is 132 Å². The largest absolute Gasteiger partial charge is 0.493 e. The van der Waals surface area contributed by atoms with E-state index < -0.39 is 0 Å². The number of rotatable bonds is 6. The van der Waals surface area contributed by atoms with Crippen molar-refractivity contribution in [3.8, 4) is 11.5 Å². The average Bonchev–Trinajstić information content (AvgIpc) is 2.59. The van der Waals surface area contributed by atoms with E-state index in [9.17, 15) is 4.79 Å². The number of ether oxygens (including phenoxy) is 2. The maximum atomic E-state index is 12.4. The number of hydrogen-bond acceptors (Lipinski definition) is 4. The third-order valence-corrected chi connectivity index (χ3v) is 4.26. The van der Waals surface area contributed by atoms with Gasteiger partial charge in [-0.15, -0.1) is 0 Å². The molecule has 1 amide bonds. The van der Waals surface area contributed by atoms with E-state index in [0.717, 1.165) is 37.9 Å². The number of piperidine rings is 1. The minimum Gasteiger partial charge on any atom is -0.493 e. The number of benzene rings is 1. The van der Waals surface area contributed by atoms with Crippen molar-refractivity contribution in [3.63, 3.8) is 0 Å². The maximum Gasteiger partial charge on any atom is 0.222 e. The van der Waals surface area contributed by atoms with Gasteiger partial charge in [-0.1, -0.05) is 6.07 Å². The first-order valence-electron chi connectivity index (χ1n) is 7.84. The van der Waals surface area contributed by atoms with Gasteiger partial charge >= 0.3 is 0 Å². The van der Waals surface area contributed by atoms with Crippen LogP contribution in [0.25, 0.3) is 0 Å². The molecule has 1 atom stereocenters. The van der Waals surface area contributed by atoms with Crippen molar-refractivity contribution in [2.75, 3.05) is 34.4 Å². The zero-order chi connectivity index (χ0) is 15.9. The smallest absolute Gasteiger partial charge is 0.222 e. The molecule has 122 valence electrons. The first-order valence-corrected chi connectivity index (χ1v) is 7.84. The summed E-state index contributed by atoms with van der Waals surface area (Å²) in [5.74, 6) is 1.65. The molecular formula is C17H26N2O3. The molecular weight excluding hydrogens is 280 g/mol. The Hall–Kier alpha value is -1.75. The number of carbonyl (C=O) groups is 1. The van der Waals surface area contributed by atoms with Gasteiger partial charge in [0.05, 0.1) is 14.2 Å². The lowest BCUT2D eigenvalue weighted by molar-refractivity contribution is -0.132. The quantitative estimate of drug-likeness (QED) is 0.871. The number of likely N-dealkylation sites (N-methyl/N-ethyl adjacent to an activating group) is 1. The van der Waals surface area contributed by atoms with E-state index >= 15 is 0 Å². The molecule has 5 nitrogen and oxygen atoms in total. The van der Waals surface area contributed by atoms with E-state index in [1.54, 1.807) is 14.2 Å². The normalized spacial score (nSPS) is 18.1. The predicted molar refractivity (Wildman–Crippen MR) is 86.5 cm³/mol. The van der Waals surface area contributed by atoms with Crippen LogP contribution in [-0.4, -0.2) is 51.2 Å². The number of hydrogen-bond donors (Lipinski definition) is 1. The van der Waals surface area contributed by atoms with E-state index in [2.05, 4.69) is 5.32 Å². The van der Waals surface area contributed by atoms with Gasteiger partial charge in [0.15, 0.2) is 11.5 Å². The first kappa shape index (κ1) is 16.6. The van der Waals surface area contributed by atoms with Crippen LogP contribution in [0, 0.1) is 0 Å². The molecule has 0 aliphatic carbocycles. The molecule has 0 bridgehead atoms. The zero-order valence-electron chi connectivity index (χ0n) is 13.7. The highest BCUT2D eigenvalue weighted by Crippen LogP contribution is 2.28. The highest BCUT2D eigenvalue weighted by atomic mass is 16.5. The van der Waals surface area contributed by atoms with Gasteiger partial charge in [-0.2, -0.15) is 0 Å². The SMILES string of the molecule is CNC1CCCN(C(=O)CCc2ccc(OC)c(OC)c2)C1. The number of likely N-dealkylation sites (tertiary alicyclic amines) is 1. The minimum absolute atomic E-state index is 0.231. The van der Waals surface area contributed by atoms with Crippen LogP contribution in [0.15, 0.2) is 18.2 Å². The lowest BCUT2D eigenvalue weighted by Gasteiger charge is -2.32. The van der Waals surface area contributed by atoms with Crippen molar-refractivity contribution < 1.29 is 14.3 Å². The molecule has 1 N–H and O–H groups in total. The number of aryl methyl sites for hydroxylation is 1. The fourth-order valence-corrected chi connectivity index (χ4v) is 2.88. The maximum absolute atomic E-state index is 12.4. The van der Waals surface area contributed by atoms with E-state index in [0.29, 0.717) is 24.0 Å². The Kier molecular flexibility index (Phi) is 6.07. The van der Waals surface area contributed by atoms with Crippen molar-refractivity contribution in [3.05, 3.63) is 23.8 Å². The van der Waals surface area contributed by atoms with E-state index in [1.807, 2.05) is 30.1 Å². The highest BCUT2D eigenvalue weighted by Gasteiger charge is 2.22. The summed E-state index contributed by atoms with van der Waals surface area (Å²) >= 11 is 0. The number of nitrogens with zero attached hydrogens (tertiary/aromatic N) is 1. The van der Waals surface area contributed by atoms with E-state index in [4.69, 9.17) is 9.47 Å². The Bertz CT molecular complexity index is 505. The third-order valence-electron chi connectivity index (χ3n) is 4.26. The number of methoxy groups -OCH3 is 2. The second kappa shape index (κ2) is 8.03. The molecule has 1 unspecified atom stereocenters. The van der Waals surface area contributed by atoms with Crippen LogP contribution in [0.4, 0.5) is 0 Å². The van der Waals surface area contributed by atoms with Crippen molar-refractivity contribution in [2.24, 2.45) is 0 Å². The van der Waals surface area contributed by atoms with Crippen LogP contribution in [0.3, 0.4) is 0 Å². The lowest BCUT2D eigenvalue weighted by Crippen LogP contribution is -2.47. The Morgan fingerprint density at radius 3 is 2.77 bits per heavy atom.